The zero-order valence-electron chi connectivity index (χ0n) is 13.3. The number of hydrogen-bond acceptors (Lipinski definition) is 5. The summed E-state index contributed by atoms with van der Waals surface area (Å²) in [6.45, 7) is 4.07. The summed E-state index contributed by atoms with van der Waals surface area (Å²) in [6, 6.07) is 0. The monoisotopic (exact) mass is 313 g/mol. The maximum absolute atomic E-state index is 6.09. The maximum atomic E-state index is 6.09. The number of rotatable bonds is 4. The van der Waals surface area contributed by atoms with Crippen molar-refractivity contribution in [1.82, 2.24) is 24.8 Å². The first kappa shape index (κ1) is 14.8. The van der Waals surface area contributed by atoms with Crippen molar-refractivity contribution >= 4 is 0 Å². The van der Waals surface area contributed by atoms with Gasteiger partial charge < -0.3 is 9.72 Å². The molecular formula is C17H23N5O. The van der Waals surface area contributed by atoms with Gasteiger partial charge in [0.2, 0.25) is 0 Å². The van der Waals surface area contributed by atoms with E-state index >= 15 is 0 Å². The molecule has 0 aliphatic carbocycles. The first-order chi connectivity index (χ1) is 11.3. The lowest BCUT2D eigenvalue weighted by Crippen LogP contribution is -2.40. The standard InChI is InChI=1S/C17H23N5O/c1-7-22(12-16-20-5-6-21-16)8-2-17(1)10-15(23-13-17)9-14-11-18-3-4-19-14/h3-6,11,15H,1-2,7-10,12-13H2,(H,20,21)/t15-/m1/s1. The summed E-state index contributed by atoms with van der Waals surface area (Å²) in [7, 11) is 0. The van der Waals surface area contributed by atoms with Crippen LogP contribution in [0.15, 0.2) is 31.0 Å². The largest absolute Gasteiger partial charge is 0.377 e. The van der Waals surface area contributed by atoms with Gasteiger partial charge in [-0.1, -0.05) is 0 Å². The molecule has 4 rings (SSSR count). The molecule has 4 heterocycles. The molecular weight excluding hydrogens is 290 g/mol. The molecule has 2 aromatic rings. The lowest BCUT2D eigenvalue weighted by molar-refractivity contribution is 0.0623. The van der Waals surface area contributed by atoms with Gasteiger partial charge in [-0.2, -0.15) is 0 Å². The Kier molecular flexibility index (Phi) is 4.10. The quantitative estimate of drug-likeness (QED) is 0.932. The van der Waals surface area contributed by atoms with Crippen molar-refractivity contribution in [3.8, 4) is 0 Å². The molecule has 6 heteroatoms. The molecule has 2 aromatic heterocycles. The number of piperidine rings is 1. The fourth-order valence-electron chi connectivity index (χ4n) is 3.83. The second-order valence-electron chi connectivity index (χ2n) is 6.85. The van der Waals surface area contributed by atoms with Crippen LogP contribution >= 0.6 is 0 Å². The van der Waals surface area contributed by atoms with Crippen molar-refractivity contribution in [3.63, 3.8) is 0 Å². The highest BCUT2D eigenvalue weighted by Crippen LogP contribution is 2.42. The SMILES string of the molecule is c1cnc(C[C@@H]2CC3(CCN(Cc4ncc[nH]4)CC3)CO2)cn1. The van der Waals surface area contributed by atoms with Crippen LogP contribution < -0.4 is 0 Å². The Morgan fingerprint density at radius 3 is 2.87 bits per heavy atom. The van der Waals surface area contributed by atoms with Crippen LogP contribution in [0.25, 0.3) is 0 Å². The van der Waals surface area contributed by atoms with E-state index in [1.165, 1.54) is 12.8 Å². The van der Waals surface area contributed by atoms with Crippen LogP contribution in [-0.4, -0.2) is 50.6 Å². The van der Waals surface area contributed by atoms with Gasteiger partial charge in [0.05, 0.1) is 24.9 Å². The fraction of sp³-hybridized carbons (Fsp3) is 0.588. The van der Waals surface area contributed by atoms with E-state index in [0.29, 0.717) is 11.5 Å². The third-order valence-corrected chi connectivity index (χ3v) is 5.18. The van der Waals surface area contributed by atoms with Gasteiger partial charge in [-0.25, -0.2) is 4.98 Å². The van der Waals surface area contributed by atoms with Gasteiger partial charge >= 0.3 is 0 Å². The second kappa shape index (κ2) is 6.37. The molecule has 2 aliphatic heterocycles. The van der Waals surface area contributed by atoms with Crippen molar-refractivity contribution in [2.75, 3.05) is 19.7 Å². The summed E-state index contributed by atoms with van der Waals surface area (Å²) in [5.74, 6) is 1.06. The second-order valence-corrected chi connectivity index (χ2v) is 6.85. The molecule has 2 aliphatic rings. The summed E-state index contributed by atoms with van der Waals surface area (Å²) in [5, 5.41) is 0. The average Bonchev–Trinajstić information content (AvgIpc) is 3.22. The summed E-state index contributed by atoms with van der Waals surface area (Å²) in [4.78, 5) is 18.5. The van der Waals surface area contributed by atoms with Gasteiger partial charge in [0.15, 0.2) is 0 Å². The van der Waals surface area contributed by atoms with Crippen molar-refractivity contribution in [3.05, 3.63) is 42.5 Å². The number of aromatic amines is 1. The lowest BCUT2D eigenvalue weighted by atomic mass is 9.76. The summed E-state index contributed by atoms with van der Waals surface area (Å²) in [5.41, 5.74) is 1.40. The van der Waals surface area contributed by atoms with Gasteiger partial charge in [0, 0.05) is 37.4 Å². The Bertz CT molecular complexity index is 607. The number of nitrogens with one attached hydrogen (secondary N) is 1. The number of likely N-dealkylation sites (tertiary alicyclic amines) is 1. The number of H-pyrrole nitrogens is 1. The number of ether oxygens (including phenoxy) is 1. The number of aromatic nitrogens is 4. The zero-order valence-corrected chi connectivity index (χ0v) is 13.3. The van der Waals surface area contributed by atoms with Crippen molar-refractivity contribution in [1.29, 1.82) is 0 Å². The van der Waals surface area contributed by atoms with E-state index in [1.54, 1.807) is 12.4 Å². The third-order valence-electron chi connectivity index (χ3n) is 5.18. The lowest BCUT2D eigenvalue weighted by Gasteiger charge is -2.38. The molecule has 0 unspecified atom stereocenters. The van der Waals surface area contributed by atoms with Gasteiger partial charge in [-0.3, -0.25) is 14.9 Å². The Labute approximate surface area is 136 Å². The molecule has 0 amide bonds. The number of imidazole rings is 1. The van der Waals surface area contributed by atoms with Gasteiger partial charge in [0.25, 0.3) is 0 Å². The van der Waals surface area contributed by atoms with Crippen LogP contribution in [0.3, 0.4) is 0 Å². The van der Waals surface area contributed by atoms with Gasteiger partial charge in [-0.05, 0) is 37.8 Å². The van der Waals surface area contributed by atoms with Crippen LogP contribution in [0.5, 0.6) is 0 Å². The minimum Gasteiger partial charge on any atom is -0.377 e. The minimum absolute atomic E-state index is 0.295. The smallest absolute Gasteiger partial charge is 0.120 e. The minimum atomic E-state index is 0.295. The predicted molar refractivity (Wildman–Crippen MR) is 85.6 cm³/mol. The molecule has 0 saturated carbocycles. The van der Waals surface area contributed by atoms with Crippen LogP contribution in [0.2, 0.25) is 0 Å². The maximum Gasteiger partial charge on any atom is 0.120 e. The van der Waals surface area contributed by atoms with Crippen molar-refractivity contribution in [2.24, 2.45) is 5.41 Å². The topological polar surface area (TPSA) is 66.9 Å². The fourth-order valence-corrected chi connectivity index (χ4v) is 3.83. The van der Waals surface area contributed by atoms with Crippen LogP contribution in [0, 0.1) is 5.41 Å². The molecule has 0 aromatic carbocycles. The highest BCUT2D eigenvalue weighted by Gasteiger charge is 2.42. The van der Waals surface area contributed by atoms with E-state index in [0.717, 1.165) is 50.6 Å². The Balaban J connectivity index is 1.29. The summed E-state index contributed by atoms with van der Waals surface area (Å²) in [6.07, 6.45) is 13.8. The van der Waals surface area contributed by atoms with Crippen LogP contribution in [-0.2, 0) is 17.7 Å². The van der Waals surface area contributed by atoms with Gasteiger partial charge in [-0.15, -0.1) is 0 Å². The molecule has 1 spiro atoms. The molecule has 1 N–H and O–H groups in total. The summed E-state index contributed by atoms with van der Waals surface area (Å²) < 4.78 is 6.09. The predicted octanol–water partition coefficient (Wildman–Crippen LogP) is 1.81. The normalized spacial score (nSPS) is 24.3. The van der Waals surface area contributed by atoms with E-state index in [4.69, 9.17) is 4.74 Å². The Hall–Kier alpha value is -1.79. The molecule has 0 radical (unpaired) electrons. The molecule has 6 nitrogen and oxygen atoms in total. The van der Waals surface area contributed by atoms with Crippen molar-refractivity contribution in [2.45, 2.75) is 38.3 Å². The molecule has 23 heavy (non-hydrogen) atoms. The summed E-state index contributed by atoms with van der Waals surface area (Å²) >= 11 is 0. The Morgan fingerprint density at radius 2 is 2.13 bits per heavy atom. The average molecular weight is 313 g/mol. The Morgan fingerprint density at radius 1 is 1.22 bits per heavy atom. The molecule has 122 valence electrons. The van der Waals surface area contributed by atoms with E-state index < -0.39 is 0 Å². The zero-order chi connectivity index (χ0) is 15.5. The molecule has 1 atom stereocenters. The van der Waals surface area contributed by atoms with E-state index in [9.17, 15) is 0 Å². The molecule has 2 saturated heterocycles. The first-order valence-corrected chi connectivity index (χ1v) is 8.38. The highest BCUT2D eigenvalue weighted by atomic mass is 16.5. The highest BCUT2D eigenvalue weighted by molar-refractivity contribution is 5.01. The first-order valence-electron chi connectivity index (χ1n) is 8.38. The number of hydrogen-bond donors (Lipinski definition) is 1. The van der Waals surface area contributed by atoms with E-state index in [-0.39, 0.29) is 0 Å². The molecule has 0 bridgehead atoms. The van der Waals surface area contributed by atoms with E-state index in [1.807, 2.05) is 18.6 Å². The van der Waals surface area contributed by atoms with Crippen molar-refractivity contribution < 1.29 is 4.74 Å². The number of nitrogens with zero attached hydrogens (tertiary/aromatic N) is 4. The van der Waals surface area contributed by atoms with E-state index in [2.05, 4.69) is 24.8 Å². The molecule has 2 fully saturated rings. The third kappa shape index (κ3) is 3.43. The van der Waals surface area contributed by atoms with Gasteiger partial charge in [0.1, 0.15) is 5.82 Å². The van der Waals surface area contributed by atoms with Crippen LogP contribution in [0.4, 0.5) is 0 Å². The van der Waals surface area contributed by atoms with Crippen LogP contribution in [0.1, 0.15) is 30.8 Å².